The SMILES string of the molecule is CN(C)S(=O)(=O)c1cccc(NC(=O)c2ccc(-c3noc(=O)[nH]3)nc2)c1. The summed E-state index contributed by atoms with van der Waals surface area (Å²) in [5.41, 5.74) is 0.898. The summed E-state index contributed by atoms with van der Waals surface area (Å²) in [7, 11) is -0.756. The molecule has 0 aliphatic rings. The molecule has 140 valence electrons. The van der Waals surface area contributed by atoms with E-state index in [9.17, 15) is 18.0 Å². The summed E-state index contributed by atoms with van der Waals surface area (Å²) in [5.74, 6) is -1.03. The Kier molecular flexibility index (Phi) is 4.88. The van der Waals surface area contributed by atoms with E-state index in [4.69, 9.17) is 0 Å². The van der Waals surface area contributed by atoms with E-state index in [1.807, 2.05) is 0 Å². The van der Waals surface area contributed by atoms with Gasteiger partial charge in [-0.15, -0.1) is 0 Å². The summed E-state index contributed by atoms with van der Waals surface area (Å²) in [6.07, 6.45) is 1.30. The van der Waals surface area contributed by atoms with Gasteiger partial charge in [-0.3, -0.25) is 19.3 Å². The molecule has 1 amide bonds. The molecule has 2 N–H and O–H groups in total. The Bertz CT molecular complexity index is 1130. The molecular weight excluding hydrogens is 374 g/mol. The van der Waals surface area contributed by atoms with E-state index in [0.29, 0.717) is 11.4 Å². The summed E-state index contributed by atoms with van der Waals surface area (Å²) in [5, 5.41) is 6.13. The van der Waals surface area contributed by atoms with Crippen LogP contribution in [0.3, 0.4) is 0 Å². The summed E-state index contributed by atoms with van der Waals surface area (Å²) >= 11 is 0. The first kappa shape index (κ1) is 18.5. The number of pyridine rings is 1. The van der Waals surface area contributed by atoms with Crippen LogP contribution in [0.2, 0.25) is 0 Å². The Morgan fingerprint density at radius 1 is 1.22 bits per heavy atom. The third-order valence-electron chi connectivity index (χ3n) is 3.58. The molecule has 27 heavy (non-hydrogen) atoms. The van der Waals surface area contributed by atoms with Crippen LogP contribution >= 0.6 is 0 Å². The smallest absolute Gasteiger partial charge is 0.322 e. The minimum Gasteiger partial charge on any atom is -0.322 e. The standard InChI is InChI=1S/C16H15N5O5S/c1-21(2)27(24,25)12-5-3-4-11(8-12)18-15(22)10-6-7-13(17-9-10)14-19-16(23)26-20-14/h3-9H,1-2H3,(H,18,22)(H,19,20,23). The fraction of sp³-hybridized carbons (Fsp3) is 0.125. The van der Waals surface area contributed by atoms with Crippen LogP contribution in [0.4, 0.5) is 5.69 Å². The summed E-state index contributed by atoms with van der Waals surface area (Å²) in [6.45, 7) is 0. The van der Waals surface area contributed by atoms with Crippen LogP contribution in [-0.2, 0) is 10.0 Å². The van der Waals surface area contributed by atoms with Crippen molar-refractivity contribution in [3.05, 3.63) is 58.7 Å². The molecule has 0 bridgehead atoms. The predicted octanol–water partition coefficient (Wildman–Crippen LogP) is 0.927. The Morgan fingerprint density at radius 2 is 2.00 bits per heavy atom. The molecule has 0 saturated carbocycles. The number of sulfonamides is 1. The predicted molar refractivity (Wildman–Crippen MR) is 95.6 cm³/mol. The minimum atomic E-state index is -3.61. The van der Waals surface area contributed by atoms with Crippen molar-refractivity contribution in [1.82, 2.24) is 19.4 Å². The molecule has 0 radical (unpaired) electrons. The lowest BCUT2D eigenvalue weighted by Gasteiger charge is -2.12. The number of aromatic amines is 1. The van der Waals surface area contributed by atoms with Gasteiger partial charge in [-0.1, -0.05) is 11.2 Å². The highest BCUT2D eigenvalue weighted by atomic mass is 32.2. The van der Waals surface area contributed by atoms with Gasteiger partial charge in [0, 0.05) is 26.0 Å². The summed E-state index contributed by atoms with van der Waals surface area (Å²) in [6, 6.07) is 8.92. The second kappa shape index (κ2) is 7.13. The number of nitrogens with one attached hydrogen (secondary N) is 2. The summed E-state index contributed by atoms with van der Waals surface area (Å²) < 4.78 is 29.8. The van der Waals surface area contributed by atoms with E-state index in [1.54, 1.807) is 6.07 Å². The van der Waals surface area contributed by atoms with Crippen molar-refractivity contribution in [2.75, 3.05) is 19.4 Å². The van der Waals surface area contributed by atoms with Gasteiger partial charge in [0.05, 0.1) is 10.5 Å². The van der Waals surface area contributed by atoms with Gasteiger partial charge in [-0.25, -0.2) is 17.5 Å². The van der Waals surface area contributed by atoms with Gasteiger partial charge in [0.2, 0.25) is 15.8 Å². The number of nitrogens with zero attached hydrogens (tertiary/aromatic N) is 3. The zero-order valence-electron chi connectivity index (χ0n) is 14.3. The molecule has 1 aromatic carbocycles. The van der Waals surface area contributed by atoms with E-state index >= 15 is 0 Å². The number of anilines is 1. The molecule has 0 atom stereocenters. The van der Waals surface area contributed by atoms with Crippen LogP contribution in [0.25, 0.3) is 11.5 Å². The Labute approximate surface area is 153 Å². The number of carbonyl (C=O) groups is 1. The quantitative estimate of drug-likeness (QED) is 0.662. The van der Waals surface area contributed by atoms with Crippen LogP contribution in [0.5, 0.6) is 0 Å². The third kappa shape index (κ3) is 3.93. The minimum absolute atomic E-state index is 0.0637. The van der Waals surface area contributed by atoms with Crippen molar-refractivity contribution in [3.8, 4) is 11.5 Å². The average molecular weight is 389 g/mol. The molecule has 0 fully saturated rings. The monoisotopic (exact) mass is 389 g/mol. The second-order valence-corrected chi connectivity index (χ2v) is 7.80. The summed E-state index contributed by atoms with van der Waals surface area (Å²) in [4.78, 5) is 29.8. The van der Waals surface area contributed by atoms with E-state index in [-0.39, 0.29) is 16.3 Å². The molecule has 2 heterocycles. The molecule has 0 aliphatic carbocycles. The van der Waals surface area contributed by atoms with E-state index < -0.39 is 21.7 Å². The third-order valence-corrected chi connectivity index (χ3v) is 5.39. The topological polar surface area (TPSA) is 138 Å². The fourth-order valence-electron chi connectivity index (χ4n) is 2.16. The number of carbonyl (C=O) groups excluding carboxylic acids is 1. The van der Waals surface area contributed by atoms with Crippen LogP contribution in [0, 0.1) is 0 Å². The molecular formula is C16H15N5O5S. The number of hydrogen-bond acceptors (Lipinski definition) is 7. The molecule has 2 aromatic heterocycles. The van der Waals surface area contributed by atoms with Gasteiger partial charge >= 0.3 is 5.76 Å². The van der Waals surface area contributed by atoms with E-state index in [0.717, 1.165) is 4.31 Å². The van der Waals surface area contributed by atoms with Gasteiger partial charge in [0.15, 0.2) is 0 Å². The van der Waals surface area contributed by atoms with Crippen LogP contribution in [0.1, 0.15) is 10.4 Å². The molecule has 3 aromatic rings. The van der Waals surface area contributed by atoms with Gasteiger partial charge in [-0.2, -0.15) is 0 Å². The molecule has 11 heteroatoms. The Balaban J connectivity index is 1.79. The number of aromatic nitrogens is 3. The molecule has 0 saturated heterocycles. The highest BCUT2D eigenvalue weighted by Gasteiger charge is 2.18. The van der Waals surface area contributed by atoms with E-state index in [2.05, 4.69) is 25.0 Å². The number of H-pyrrole nitrogens is 1. The van der Waals surface area contributed by atoms with Crippen molar-refractivity contribution in [1.29, 1.82) is 0 Å². The van der Waals surface area contributed by atoms with Crippen LogP contribution < -0.4 is 11.1 Å². The molecule has 0 aliphatic heterocycles. The maximum atomic E-state index is 12.4. The normalized spacial score (nSPS) is 11.5. The van der Waals surface area contributed by atoms with Gasteiger partial charge in [0.1, 0.15) is 5.69 Å². The Hall–Kier alpha value is -3.31. The zero-order chi connectivity index (χ0) is 19.6. The fourth-order valence-corrected chi connectivity index (χ4v) is 3.10. The number of benzene rings is 1. The van der Waals surface area contributed by atoms with Crippen molar-refractivity contribution >= 4 is 21.6 Å². The number of hydrogen-bond donors (Lipinski definition) is 2. The number of amides is 1. The van der Waals surface area contributed by atoms with Crippen LogP contribution in [0.15, 0.2) is 56.8 Å². The van der Waals surface area contributed by atoms with E-state index in [1.165, 1.54) is 50.6 Å². The molecule has 10 nitrogen and oxygen atoms in total. The van der Waals surface area contributed by atoms with Gasteiger partial charge in [0.25, 0.3) is 5.91 Å². The molecule has 0 spiro atoms. The van der Waals surface area contributed by atoms with Gasteiger partial charge in [-0.05, 0) is 30.3 Å². The second-order valence-electron chi connectivity index (χ2n) is 5.65. The average Bonchev–Trinajstić information content (AvgIpc) is 3.08. The lowest BCUT2D eigenvalue weighted by atomic mass is 10.2. The molecule has 3 rings (SSSR count). The maximum absolute atomic E-state index is 12.4. The first-order valence-corrected chi connectivity index (χ1v) is 9.08. The molecule has 0 unspecified atom stereocenters. The largest absolute Gasteiger partial charge is 0.439 e. The lowest BCUT2D eigenvalue weighted by Crippen LogP contribution is -2.22. The first-order valence-electron chi connectivity index (χ1n) is 7.64. The lowest BCUT2D eigenvalue weighted by molar-refractivity contribution is 0.102. The van der Waals surface area contributed by atoms with Crippen LogP contribution in [-0.4, -0.2) is 47.9 Å². The Morgan fingerprint density at radius 3 is 2.59 bits per heavy atom. The maximum Gasteiger partial charge on any atom is 0.439 e. The first-order chi connectivity index (χ1) is 12.8. The van der Waals surface area contributed by atoms with Crippen molar-refractivity contribution in [2.45, 2.75) is 4.90 Å². The highest BCUT2D eigenvalue weighted by Crippen LogP contribution is 2.19. The van der Waals surface area contributed by atoms with Gasteiger partial charge < -0.3 is 5.32 Å². The highest BCUT2D eigenvalue weighted by molar-refractivity contribution is 7.89. The van der Waals surface area contributed by atoms with Crippen molar-refractivity contribution in [3.63, 3.8) is 0 Å². The number of rotatable bonds is 5. The van der Waals surface area contributed by atoms with Crippen molar-refractivity contribution in [2.24, 2.45) is 0 Å². The zero-order valence-corrected chi connectivity index (χ0v) is 15.1. The van der Waals surface area contributed by atoms with Crippen molar-refractivity contribution < 1.29 is 17.7 Å².